The van der Waals surface area contributed by atoms with Gasteiger partial charge in [-0.1, -0.05) is 13.0 Å². The van der Waals surface area contributed by atoms with Crippen molar-refractivity contribution >= 4 is 16.0 Å². The second-order valence-electron chi connectivity index (χ2n) is 7.76. The molecule has 0 heterocycles. The zero-order valence-corrected chi connectivity index (χ0v) is 14.5. The van der Waals surface area contributed by atoms with Gasteiger partial charge in [0.05, 0.1) is 11.8 Å². The first-order valence-electron chi connectivity index (χ1n) is 9.57. The Morgan fingerprint density at radius 2 is 2.12 bits per heavy atom. The van der Waals surface area contributed by atoms with Crippen LogP contribution in [0.2, 0.25) is 0 Å². The van der Waals surface area contributed by atoms with Crippen LogP contribution < -0.4 is 4.72 Å². The Bertz CT molecular complexity index is 844. The number of hydrogen-bond acceptors (Lipinski definition) is 3. The van der Waals surface area contributed by atoms with Gasteiger partial charge in [-0.25, -0.2) is 0 Å². The van der Waals surface area contributed by atoms with E-state index in [1.54, 1.807) is 12.1 Å². The Hall–Kier alpha value is -1.11. The molecule has 2 fully saturated rings. The number of aryl methyl sites for hydroxylation is 1. The first-order chi connectivity index (χ1) is 12.0. The van der Waals surface area contributed by atoms with Gasteiger partial charge in [0.25, 0.3) is 0 Å². The lowest BCUT2D eigenvalue weighted by molar-refractivity contribution is -0.0226. The van der Waals surface area contributed by atoms with Gasteiger partial charge in [-0.2, -0.15) is 8.42 Å². The SMILES string of the molecule is [2H]C1([2H])C[C@H]2[C@@H]3CCc4cc(NS(=O)(=O)O)ccc4[C@H]3CC[C@]2(C)[C@H]1O. The third-order valence-corrected chi connectivity index (χ3v) is 7.06. The number of hydrogen-bond donors (Lipinski definition) is 3. The highest BCUT2D eigenvalue weighted by Gasteiger charge is 2.54. The van der Waals surface area contributed by atoms with Crippen LogP contribution in [0, 0.1) is 17.3 Å². The maximum atomic E-state index is 11.0. The van der Waals surface area contributed by atoms with Gasteiger partial charge in [0.15, 0.2) is 0 Å². The van der Waals surface area contributed by atoms with E-state index in [-0.39, 0.29) is 11.3 Å². The van der Waals surface area contributed by atoms with Crippen molar-refractivity contribution in [1.82, 2.24) is 0 Å². The van der Waals surface area contributed by atoms with E-state index in [2.05, 4.69) is 4.72 Å². The van der Waals surface area contributed by atoms with E-state index in [4.69, 9.17) is 7.29 Å². The first kappa shape index (κ1) is 14.1. The summed E-state index contributed by atoms with van der Waals surface area (Å²) in [4.78, 5) is 0. The molecular weight excluding hydrogens is 326 g/mol. The maximum absolute atomic E-state index is 11.0. The summed E-state index contributed by atoms with van der Waals surface area (Å²) in [6, 6.07) is 5.39. The quantitative estimate of drug-likeness (QED) is 0.713. The lowest BCUT2D eigenvalue weighted by atomic mass is 9.55. The van der Waals surface area contributed by atoms with Crippen LogP contribution in [0.25, 0.3) is 0 Å². The highest BCUT2D eigenvalue weighted by Crippen LogP contribution is 2.60. The average molecular weight is 353 g/mol. The van der Waals surface area contributed by atoms with E-state index in [0.717, 1.165) is 31.2 Å². The van der Waals surface area contributed by atoms with Gasteiger partial charge >= 0.3 is 10.3 Å². The average Bonchev–Trinajstić information content (AvgIpc) is 2.72. The third kappa shape index (κ3) is 2.55. The lowest BCUT2D eigenvalue weighted by Gasteiger charge is -2.50. The van der Waals surface area contributed by atoms with Gasteiger partial charge in [0, 0.05) is 2.74 Å². The molecule has 0 unspecified atom stereocenters. The summed E-state index contributed by atoms with van der Waals surface area (Å²) in [7, 11) is -4.29. The molecule has 0 saturated heterocycles. The summed E-state index contributed by atoms with van der Waals surface area (Å²) in [5.41, 5.74) is 2.28. The van der Waals surface area contributed by atoms with Crippen molar-refractivity contribution in [3.8, 4) is 0 Å². The molecule has 1 aromatic rings. The second-order valence-corrected chi connectivity index (χ2v) is 8.92. The standard InChI is InChI=1S/C18H25NO4S/c1-18-9-8-14-13-5-3-12(19-24(21,22)23)10-11(13)2-4-15(14)16(18)6-7-17(18)20/h3,5,10,14-17,19-20H,2,4,6-9H2,1H3,(H,21,22,23)/t14-,15-,16+,17+,18+/m1/s1/i7D2. The number of fused-ring (bicyclic) bond motifs is 5. The normalized spacial score (nSPS) is 41.5. The third-order valence-electron chi connectivity index (χ3n) is 6.57. The molecule has 3 aliphatic rings. The minimum Gasteiger partial charge on any atom is -0.393 e. The van der Waals surface area contributed by atoms with Crippen LogP contribution in [0.4, 0.5) is 5.69 Å². The van der Waals surface area contributed by atoms with Crippen LogP contribution in [0.3, 0.4) is 0 Å². The molecule has 6 heteroatoms. The minimum atomic E-state index is -4.29. The monoisotopic (exact) mass is 353 g/mol. The topological polar surface area (TPSA) is 86.6 Å². The minimum absolute atomic E-state index is 0.162. The summed E-state index contributed by atoms with van der Waals surface area (Å²) in [5, 5.41) is 10.6. The number of aliphatic hydroxyl groups excluding tert-OH is 1. The largest absolute Gasteiger partial charge is 0.393 e. The molecule has 5 nitrogen and oxygen atoms in total. The van der Waals surface area contributed by atoms with Gasteiger partial charge in [-0.15, -0.1) is 0 Å². The predicted octanol–water partition coefficient (Wildman–Crippen LogP) is 3.12. The van der Waals surface area contributed by atoms with Crippen molar-refractivity contribution < 1.29 is 20.8 Å². The van der Waals surface area contributed by atoms with Gasteiger partial charge in [-0.3, -0.25) is 9.27 Å². The zero-order chi connectivity index (χ0) is 18.9. The summed E-state index contributed by atoms with van der Waals surface area (Å²) >= 11 is 0. The fraction of sp³-hybridized carbons (Fsp3) is 0.667. The maximum Gasteiger partial charge on any atom is 0.357 e. The van der Waals surface area contributed by atoms with E-state index in [0.29, 0.717) is 23.9 Å². The van der Waals surface area contributed by atoms with Gasteiger partial charge < -0.3 is 5.11 Å². The summed E-state index contributed by atoms with van der Waals surface area (Å²) in [6.45, 7) is 2.04. The van der Waals surface area contributed by atoms with Crippen LogP contribution in [0.5, 0.6) is 0 Å². The van der Waals surface area contributed by atoms with Crippen LogP contribution in [-0.4, -0.2) is 24.2 Å². The van der Waals surface area contributed by atoms with Crippen LogP contribution in [0.1, 0.15) is 58.8 Å². The first-order valence-corrected chi connectivity index (χ1v) is 10.0. The van der Waals surface area contributed by atoms with Gasteiger partial charge in [-0.05, 0) is 84.9 Å². The van der Waals surface area contributed by atoms with Gasteiger partial charge in [0.2, 0.25) is 0 Å². The molecule has 24 heavy (non-hydrogen) atoms. The summed E-state index contributed by atoms with van der Waals surface area (Å²) in [5.74, 6) is 0.821. The van der Waals surface area contributed by atoms with Gasteiger partial charge in [0.1, 0.15) is 0 Å². The molecule has 0 spiro atoms. The molecule has 0 radical (unpaired) electrons. The van der Waals surface area contributed by atoms with E-state index in [1.165, 1.54) is 5.56 Å². The number of anilines is 1. The zero-order valence-electron chi connectivity index (χ0n) is 15.7. The number of aliphatic hydroxyl groups is 1. The van der Waals surface area contributed by atoms with E-state index in [9.17, 15) is 13.5 Å². The van der Waals surface area contributed by atoms with Crippen molar-refractivity contribution in [2.45, 2.75) is 57.4 Å². The Balaban J connectivity index is 1.65. The van der Waals surface area contributed by atoms with Crippen molar-refractivity contribution in [3.63, 3.8) is 0 Å². The molecule has 2 saturated carbocycles. The number of nitrogens with one attached hydrogen (secondary N) is 1. The molecule has 0 bridgehead atoms. The number of benzene rings is 1. The van der Waals surface area contributed by atoms with Crippen molar-refractivity contribution in [2.24, 2.45) is 17.3 Å². The molecule has 0 aliphatic heterocycles. The van der Waals surface area contributed by atoms with E-state index >= 15 is 0 Å². The van der Waals surface area contributed by atoms with Crippen LogP contribution in [0.15, 0.2) is 18.2 Å². The molecule has 1 aromatic carbocycles. The predicted molar refractivity (Wildman–Crippen MR) is 92.2 cm³/mol. The summed E-state index contributed by atoms with van der Waals surface area (Å²) < 4.78 is 49.6. The van der Waals surface area contributed by atoms with Crippen molar-refractivity contribution in [1.29, 1.82) is 0 Å². The molecule has 4 rings (SSSR count). The molecule has 3 aliphatic carbocycles. The van der Waals surface area contributed by atoms with Crippen molar-refractivity contribution in [3.05, 3.63) is 29.3 Å². The fourth-order valence-electron chi connectivity index (χ4n) is 5.34. The van der Waals surface area contributed by atoms with Crippen LogP contribution in [-0.2, 0) is 16.7 Å². The Morgan fingerprint density at radius 3 is 2.88 bits per heavy atom. The Kier molecular flexibility index (Phi) is 3.20. The Morgan fingerprint density at radius 1 is 1.33 bits per heavy atom. The number of rotatable bonds is 2. The van der Waals surface area contributed by atoms with E-state index < -0.39 is 22.8 Å². The fourth-order valence-corrected chi connectivity index (χ4v) is 5.76. The molecule has 3 N–H and O–H groups in total. The second kappa shape index (κ2) is 5.44. The van der Waals surface area contributed by atoms with Crippen LogP contribution >= 0.6 is 0 Å². The Labute approximate surface area is 146 Å². The van der Waals surface area contributed by atoms with E-state index in [1.807, 2.05) is 13.0 Å². The molecule has 0 amide bonds. The highest BCUT2D eigenvalue weighted by atomic mass is 32.2. The molecule has 132 valence electrons. The molecule has 5 atom stereocenters. The smallest absolute Gasteiger partial charge is 0.357 e. The lowest BCUT2D eigenvalue weighted by Crippen LogP contribution is -2.43. The molecular formula is C18H25NO4S. The van der Waals surface area contributed by atoms with Crippen molar-refractivity contribution in [2.75, 3.05) is 4.72 Å². The highest BCUT2D eigenvalue weighted by molar-refractivity contribution is 7.87. The molecule has 0 aromatic heterocycles. The summed E-state index contributed by atoms with van der Waals surface area (Å²) in [6.07, 6.45) is 1.37.